The van der Waals surface area contributed by atoms with Gasteiger partial charge in [0.05, 0.1) is 0 Å². The zero-order valence-corrected chi connectivity index (χ0v) is 17.1. The van der Waals surface area contributed by atoms with Crippen molar-refractivity contribution in [2.24, 2.45) is 0 Å². The number of hydrogen-bond donors (Lipinski definition) is 2. The van der Waals surface area contributed by atoms with Gasteiger partial charge in [0.1, 0.15) is 12.4 Å². The van der Waals surface area contributed by atoms with E-state index in [1.807, 2.05) is 32.0 Å². The van der Waals surface area contributed by atoms with Gasteiger partial charge in [0, 0.05) is 22.5 Å². The van der Waals surface area contributed by atoms with E-state index in [1.165, 1.54) is 0 Å². The number of ether oxygens (including phenoxy) is 1. The summed E-state index contributed by atoms with van der Waals surface area (Å²) in [4.78, 5) is 24.9. The highest BCUT2D eigenvalue weighted by Crippen LogP contribution is 2.18. The highest BCUT2D eigenvalue weighted by Gasteiger charge is 2.10. The molecule has 0 aromatic heterocycles. The van der Waals surface area contributed by atoms with Crippen molar-refractivity contribution in [3.05, 3.63) is 102 Å². The first kappa shape index (κ1) is 20.9. The van der Waals surface area contributed by atoms with E-state index < -0.39 is 0 Å². The second kappa shape index (κ2) is 9.56. The summed E-state index contributed by atoms with van der Waals surface area (Å²) < 4.78 is 5.59. The Bertz CT molecular complexity index is 1070. The number of nitrogens with one attached hydrogen (secondary N) is 2. The Labute approximate surface area is 176 Å². The van der Waals surface area contributed by atoms with Crippen molar-refractivity contribution in [3.63, 3.8) is 0 Å². The molecule has 0 aliphatic carbocycles. The van der Waals surface area contributed by atoms with Gasteiger partial charge in [-0.25, -0.2) is 0 Å². The lowest BCUT2D eigenvalue weighted by Gasteiger charge is -2.10. The van der Waals surface area contributed by atoms with Crippen molar-refractivity contribution in [1.29, 1.82) is 0 Å². The van der Waals surface area contributed by atoms with E-state index in [4.69, 9.17) is 4.74 Å². The summed E-state index contributed by atoms with van der Waals surface area (Å²) in [5, 5.41) is 5.71. The molecule has 0 spiro atoms. The normalized spacial score (nSPS) is 10.2. The van der Waals surface area contributed by atoms with Crippen molar-refractivity contribution in [2.75, 3.05) is 17.2 Å². The summed E-state index contributed by atoms with van der Waals surface area (Å²) in [5.74, 6) is 0.198. The molecule has 0 bridgehead atoms. The van der Waals surface area contributed by atoms with Crippen LogP contribution >= 0.6 is 0 Å². The standard InChI is InChI=1S/C25H24N2O3/c1-17(2)16-30-22-9-6-8-19(15-22)24(28)26-20-11-13-21(14-12-20)27-25(29)23-10-5-4-7-18(23)3/h4-15H,1,16H2,2-3H3,(H,26,28)(H,27,29). The summed E-state index contributed by atoms with van der Waals surface area (Å²) in [5.41, 5.74) is 4.21. The van der Waals surface area contributed by atoms with E-state index in [9.17, 15) is 9.59 Å². The Morgan fingerprint density at radius 1 is 0.867 bits per heavy atom. The number of anilines is 2. The Balaban J connectivity index is 1.62. The van der Waals surface area contributed by atoms with Gasteiger partial charge in [-0.1, -0.05) is 30.8 Å². The lowest BCUT2D eigenvalue weighted by molar-refractivity contribution is 0.101. The molecule has 0 saturated heterocycles. The largest absolute Gasteiger partial charge is 0.489 e. The summed E-state index contributed by atoms with van der Waals surface area (Å²) in [7, 11) is 0. The van der Waals surface area contributed by atoms with Crippen LogP contribution in [0.1, 0.15) is 33.2 Å². The van der Waals surface area contributed by atoms with E-state index in [0.717, 1.165) is 11.1 Å². The van der Waals surface area contributed by atoms with Crippen molar-refractivity contribution >= 4 is 23.2 Å². The number of hydrogen-bond acceptors (Lipinski definition) is 3. The van der Waals surface area contributed by atoms with Gasteiger partial charge >= 0.3 is 0 Å². The molecule has 152 valence electrons. The van der Waals surface area contributed by atoms with Gasteiger partial charge in [0.2, 0.25) is 0 Å². The minimum absolute atomic E-state index is 0.170. The van der Waals surface area contributed by atoms with Crippen LogP contribution in [0.2, 0.25) is 0 Å². The molecular formula is C25H24N2O3. The minimum Gasteiger partial charge on any atom is -0.489 e. The third kappa shape index (κ3) is 5.58. The molecule has 0 saturated carbocycles. The fourth-order valence-electron chi connectivity index (χ4n) is 2.80. The lowest BCUT2D eigenvalue weighted by atomic mass is 10.1. The first-order chi connectivity index (χ1) is 14.4. The van der Waals surface area contributed by atoms with Crippen LogP contribution in [0.4, 0.5) is 11.4 Å². The lowest BCUT2D eigenvalue weighted by Crippen LogP contribution is -2.14. The number of carbonyl (C=O) groups is 2. The summed E-state index contributed by atoms with van der Waals surface area (Å²) >= 11 is 0. The van der Waals surface area contributed by atoms with Gasteiger partial charge in [0.15, 0.2) is 0 Å². The molecule has 3 aromatic carbocycles. The maximum atomic E-state index is 12.5. The molecule has 0 aliphatic rings. The van der Waals surface area contributed by atoms with Crippen LogP contribution in [0.15, 0.2) is 84.9 Å². The summed E-state index contributed by atoms with van der Waals surface area (Å²) in [6.07, 6.45) is 0. The number of amides is 2. The Morgan fingerprint density at radius 3 is 2.13 bits per heavy atom. The first-order valence-electron chi connectivity index (χ1n) is 9.58. The fraction of sp³-hybridized carbons (Fsp3) is 0.120. The van der Waals surface area contributed by atoms with Crippen LogP contribution in [0.5, 0.6) is 5.75 Å². The van der Waals surface area contributed by atoms with Crippen molar-refractivity contribution in [2.45, 2.75) is 13.8 Å². The quantitative estimate of drug-likeness (QED) is 0.518. The molecule has 5 nitrogen and oxygen atoms in total. The summed E-state index contributed by atoms with van der Waals surface area (Å²) in [6.45, 7) is 7.98. The zero-order chi connectivity index (χ0) is 21.5. The zero-order valence-electron chi connectivity index (χ0n) is 17.1. The van der Waals surface area contributed by atoms with E-state index >= 15 is 0 Å². The molecular weight excluding hydrogens is 376 g/mol. The monoisotopic (exact) mass is 400 g/mol. The minimum atomic E-state index is -0.243. The Hall–Kier alpha value is -3.86. The second-order valence-electron chi connectivity index (χ2n) is 7.07. The van der Waals surface area contributed by atoms with Crippen molar-refractivity contribution in [3.8, 4) is 5.75 Å². The average Bonchev–Trinajstić information content (AvgIpc) is 2.74. The predicted octanol–water partition coefficient (Wildman–Crippen LogP) is 5.45. The van der Waals surface area contributed by atoms with E-state index in [1.54, 1.807) is 54.6 Å². The number of rotatable bonds is 7. The smallest absolute Gasteiger partial charge is 0.255 e. The Morgan fingerprint density at radius 2 is 1.50 bits per heavy atom. The molecule has 2 amide bonds. The number of aryl methyl sites for hydroxylation is 1. The molecule has 0 aliphatic heterocycles. The van der Waals surface area contributed by atoms with Crippen molar-refractivity contribution in [1.82, 2.24) is 0 Å². The highest BCUT2D eigenvalue weighted by molar-refractivity contribution is 6.06. The molecule has 0 fully saturated rings. The average molecular weight is 400 g/mol. The highest BCUT2D eigenvalue weighted by atomic mass is 16.5. The van der Waals surface area contributed by atoms with Crippen LogP contribution in [-0.4, -0.2) is 18.4 Å². The van der Waals surface area contributed by atoms with Gasteiger partial charge in [-0.05, 0) is 73.5 Å². The van der Waals surface area contributed by atoms with Gasteiger partial charge in [-0.2, -0.15) is 0 Å². The van der Waals surface area contributed by atoms with Gasteiger partial charge in [-0.15, -0.1) is 0 Å². The fourth-order valence-corrected chi connectivity index (χ4v) is 2.80. The van der Waals surface area contributed by atoms with Crippen LogP contribution in [0.3, 0.4) is 0 Å². The van der Waals surface area contributed by atoms with Crippen molar-refractivity contribution < 1.29 is 14.3 Å². The molecule has 0 radical (unpaired) electrons. The molecule has 0 atom stereocenters. The molecule has 0 heterocycles. The van der Waals surface area contributed by atoms with E-state index in [0.29, 0.717) is 34.9 Å². The van der Waals surface area contributed by atoms with Crippen LogP contribution in [-0.2, 0) is 0 Å². The second-order valence-corrected chi connectivity index (χ2v) is 7.07. The maximum Gasteiger partial charge on any atom is 0.255 e. The molecule has 3 rings (SSSR count). The molecule has 5 heteroatoms. The molecule has 30 heavy (non-hydrogen) atoms. The number of benzene rings is 3. The van der Waals surface area contributed by atoms with Crippen LogP contribution in [0.25, 0.3) is 0 Å². The molecule has 3 aromatic rings. The first-order valence-corrected chi connectivity index (χ1v) is 9.58. The maximum absolute atomic E-state index is 12.5. The third-order valence-electron chi connectivity index (χ3n) is 4.37. The van der Waals surface area contributed by atoms with E-state index in [2.05, 4.69) is 17.2 Å². The molecule has 0 unspecified atom stereocenters. The van der Waals surface area contributed by atoms with Gasteiger partial charge < -0.3 is 15.4 Å². The Kier molecular flexibility index (Phi) is 6.65. The van der Waals surface area contributed by atoms with Gasteiger partial charge in [0.25, 0.3) is 11.8 Å². The topological polar surface area (TPSA) is 67.4 Å². The van der Waals surface area contributed by atoms with E-state index in [-0.39, 0.29) is 11.8 Å². The number of carbonyl (C=O) groups excluding carboxylic acids is 2. The summed E-state index contributed by atoms with van der Waals surface area (Å²) in [6, 6.07) is 21.4. The van der Waals surface area contributed by atoms with Crippen LogP contribution < -0.4 is 15.4 Å². The van der Waals surface area contributed by atoms with Gasteiger partial charge in [-0.3, -0.25) is 9.59 Å². The van der Waals surface area contributed by atoms with Crippen LogP contribution in [0, 0.1) is 6.92 Å². The molecule has 2 N–H and O–H groups in total. The SMILES string of the molecule is C=C(C)COc1cccc(C(=O)Nc2ccc(NC(=O)c3ccccc3C)cc2)c1. The predicted molar refractivity (Wildman–Crippen MR) is 120 cm³/mol. The third-order valence-corrected chi connectivity index (χ3v) is 4.37.